The minimum absolute atomic E-state index is 0.0865. The molecule has 1 rings (SSSR count). The number of alkyl halides is 1. The molecule has 2 nitrogen and oxygen atoms in total. The monoisotopic (exact) mass is 158 g/mol. The van der Waals surface area contributed by atoms with Crippen molar-refractivity contribution in [3.63, 3.8) is 0 Å². The van der Waals surface area contributed by atoms with Crippen molar-refractivity contribution < 1.29 is 14.2 Å². The van der Waals surface area contributed by atoms with Gasteiger partial charge in [-0.25, -0.2) is 4.39 Å². The molecule has 0 fully saturated rings. The third-order valence-electron chi connectivity index (χ3n) is 1.48. The van der Waals surface area contributed by atoms with Gasteiger partial charge in [-0.1, -0.05) is 0 Å². The van der Waals surface area contributed by atoms with Crippen molar-refractivity contribution in [2.45, 2.75) is 19.2 Å². The normalized spacial score (nSPS) is 30.2. The lowest BCUT2D eigenvalue weighted by atomic mass is 10.1. The Morgan fingerprint density at radius 2 is 2.55 bits per heavy atom. The number of aliphatic hydroxyl groups is 1. The first kappa shape index (κ1) is 8.27. The quantitative estimate of drug-likeness (QED) is 0.666. The van der Waals surface area contributed by atoms with E-state index in [-0.39, 0.29) is 12.2 Å². The molecule has 62 valence electrons. The standard InChI is InChI=1S/C8H11FO2/c1-2-11-8(9)5-3-7(10)4-6-8/h3-5,10H,2,6H2,1H3. The maximum Gasteiger partial charge on any atom is 0.232 e. The third kappa shape index (κ3) is 2.05. The van der Waals surface area contributed by atoms with Gasteiger partial charge in [0.2, 0.25) is 5.85 Å². The van der Waals surface area contributed by atoms with Gasteiger partial charge in [0.25, 0.3) is 0 Å². The Bertz CT molecular complexity index is 198. The summed E-state index contributed by atoms with van der Waals surface area (Å²) in [5.41, 5.74) is 0. The van der Waals surface area contributed by atoms with Crippen molar-refractivity contribution >= 4 is 0 Å². The Hall–Kier alpha value is -0.830. The third-order valence-corrected chi connectivity index (χ3v) is 1.48. The van der Waals surface area contributed by atoms with E-state index < -0.39 is 5.85 Å². The van der Waals surface area contributed by atoms with E-state index in [2.05, 4.69) is 0 Å². The first-order valence-corrected chi connectivity index (χ1v) is 3.57. The van der Waals surface area contributed by atoms with E-state index in [0.717, 1.165) is 0 Å². The molecule has 1 aliphatic carbocycles. The second kappa shape index (κ2) is 3.05. The molecule has 0 aromatic heterocycles. The molecule has 0 amide bonds. The van der Waals surface area contributed by atoms with Crippen molar-refractivity contribution in [3.05, 3.63) is 24.0 Å². The fraction of sp³-hybridized carbons (Fsp3) is 0.500. The number of ether oxygens (including phenoxy) is 1. The molecule has 0 bridgehead atoms. The van der Waals surface area contributed by atoms with Crippen LogP contribution in [0, 0.1) is 0 Å². The van der Waals surface area contributed by atoms with Gasteiger partial charge < -0.3 is 9.84 Å². The summed E-state index contributed by atoms with van der Waals surface area (Å²) in [5, 5.41) is 8.86. The van der Waals surface area contributed by atoms with E-state index >= 15 is 0 Å². The molecule has 0 spiro atoms. The molecular formula is C8H11FO2. The second-order valence-electron chi connectivity index (χ2n) is 2.39. The molecule has 11 heavy (non-hydrogen) atoms. The van der Waals surface area contributed by atoms with E-state index in [9.17, 15) is 4.39 Å². The average Bonchev–Trinajstić information content (AvgIpc) is 1.97. The fourth-order valence-corrected chi connectivity index (χ4v) is 0.937. The van der Waals surface area contributed by atoms with Crippen LogP contribution in [0.3, 0.4) is 0 Å². The van der Waals surface area contributed by atoms with Crippen molar-refractivity contribution in [1.29, 1.82) is 0 Å². The SMILES string of the molecule is CCOC1(F)C=CC(O)=CC1. The number of hydrogen-bond donors (Lipinski definition) is 1. The summed E-state index contributed by atoms with van der Waals surface area (Å²) in [6.45, 7) is 2.06. The predicted molar refractivity (Wildman–Crippen MR) is 39.9 cm³/mol. The maximum atomic E-state index is 13.3. The minimum Gasteiger partial charge on any atom is -0.508 e. The van der Waals surface area contributed by atoms with Crippen LogP contribution in [0.15, 0.2) is 24.0 Å². The molecule has 0 heterocycles. The molecule has 0 radical (unpaired) electrons. The summed E-state index contributed by atoms with van der Waals surface area (Å²) < 4.78 is 18.1. The number of hydrogen-bond acceptors (Lipinski definition) is 2. The minimum atomic E-state index is -1.71. The Morgan fingerprint density at radius 3 is 3.00 bits per heavy atom. The highest BCUT2D eigenvalue weighted by Gasteiger charge is 2.27. The van der Waals surface area contributed by atoms with E-state index in [1.165, 1.54) is 18.2 Å². The molecular weight excluding hydrogens is 147 g/mol. The Kier molecular flexibility index (Phi) is 2.29. The van der Waals surface area contributed by atoms with Gasteiger partial charge >= 0.3 is 0 Å². The molecule has 1 N–H and O–H groups in total. The van der Waals surface area contributed by atoms with E-state index in [0.29, 0.717) is 6.61 Å². The average molecular weight is 158 g/mol. The predicted octanol–water partition coefficient (Wildman–Crippen LogP) is 2.09. The molecule has 0 aromatic carbocycles. The summed E-state index contributed by atoms with van der Waals surface area (Å²) in [7, 11) is 0. The Morgan fingerprint density at radius 1 is 1.82 bits per heavy atom. The van der Waals surface area contributed by atoms with Crippen LogP contribution in [-0.2, 0) is 4.74 Å². The summed E-state index contributed by atoms with van der Waals surface area (Å²) >= 11 is 0. The highest BCUT2D eigenvalue weighted by atomic mass is 19.2. The number of rotatable bonds is 2. The van der Waals surface area contributed by atoms with Crippen LogP contribution in [0.5, 0.6) is 0 Å². The first-order chi connectivity index (χ1) is 5.16. The lowest BCUT2D eigenvalue weighted by Crippen LogP contribution is -2.25. The summed E-state index contributed by atoms with van der Waals surface area (Å²) in [4.78, 5) is 0. The highest BCUT2D eigenvalue weighted by molar-refractivity contribution is 5.20. The number of allylic oxidation sites excluding steroid dienone is 1. The number of halogens is 1. The first-order valence-electron chi connectivity index (χ1n) is 3.57. The summed E-state index contributed by atoms with van der Waals surface area (Å²) in [6.07, 6.45) is 4.02. The topological polar surface area (TPSA) is 29.5 Å². The lowest BCUT2D eigenvalue weighted by Gasteiger charge is -2.21. The second-order valence-corrected chi connectivity index (χ2v) is 2.39. The van der Waals surface area contributed by atoms with Crippen LogP contribution >= 0.6 is 0 Å². The van der Waals surface area contributed by atoms with Crippen LogP contribution in [0.2, 0.25) is 0 Å². The molecule has 1 aliphatic rings. The largest absolute Gasteiger partial charge is 0.508 e. The lowest BCUT2D eigenvalue weighted by molar-refractivity contribution is -0.100. The van der Waals surface area contributed by atoms with Gasteiger partial charge in [-0.2, -0.15) is 0 Å². The van der Waals surface area contributed by atoms with Gasteiger partial charge in [-0.15, -0.1) is 0 Å². The van der Waals surface area contributed by atoms with Crippen LogP contribution in [0.25, 0.3) is 0 Å². The molecule has 0 saturated heterocycles. The van der Waals surface area contributed by atoms with E-state index in [1.54, 1.807) is 6.92 Å². The zero-order valence-corrected chi connectivity index (χ0v) is 6.38. The van der Waals surface area contributed by atoms with Gasteiger partial charge in [0.05, 0.1) is 0 Å². The van der Waals surface area contributed by atoms with Crippen LogP contribution in [0.4, 0.5) is 4.39 Å². The molecule has 1 atom stereocenters. The zero-order chi connectivity index (χ0) is 8.32. The molecule has 1 unspecified atom stereocenters. The van der Waals surface area contributed by atoms with Gasteiger partial charge in [-0.05, 0) is 25.2 Å². The van der Waals surface area contributed by atoms with Crippen molar-refractivity contribution in [3.8, 4) is 0 Å². The summed E-state index contributed by atoms with van der Waals surface area (Å²) in [5.74, 6) is -1.61. The highest BCUT2D eigenvalue weighted by Crippen LogP contribution is 2.25. The molecule has 0 saturated carbocycles. The van der Waals surface area contributed by atoms with Gasteiger partial charge in [-0.3, -0.25) is 0 Å². The fourth-order valence-electron chi connectivity index (χ4n) is 0.937. The summed E-state index contributed by atoms with van der Waals surface area (Å²) in [6, 6.07) is 0. The Labute approximate surface area is 65.0 Å². The van der Waals surface area contributed by atoms with Gasteiger partial charge in [0, 0.05) is 13.0 Å². The van der Waals surface area contributed by atoms with Gasteiger partial charge in [0.1, 0.15) is 5.76 Å². The van der Waals surface area contributed by atoms with Crippen LogP contribution in [0.1, 0.15) is 13.3 Å². The molecule has 3 heteroatoms. The van der Waals surface area contributed by atoms with Gasteiger partial charge in [0.15, 0.2) is 0 Å². The Balaban J connectivity index is 2.58. The smallest absolute Gasteiger partial charge is 0.232 e. The van der Waals surface area contributed by atoms with Crippen molar-refractivity contribution in [2.24, 2.45) is 0 Å². The van der Waals surface area contributed by atoms with Crippen LogP contribution < -0.4 is 0 Å². The van der Waals surface area contributed by atoms with Crippen LogP contribution in [-0.4, -0.2) is 17.6 Å². The molecule has 0 aromatic rings. The van der Waals surface area contributed by atoms with E-state index in [4.69, 9.17) is 9.84 Å². The number of aliphatic hydroxyl groups excluding tert-OH is 1. The van der Waals surface area contributed by atoms with E-state index in [1.807, 2.05) is 0 Å². The zero-order valence-electron chi connectivity index (χ0n) is 6.38. The maximum absolute atomic E-state index is 13.3. The van der Waals surface area contributed by atoms with Crippen molar-refractivity contribution in [1.82, 2.24) is 0 Å². The molecule has 0 aliphatic heterocycles. The van der Waals surface area contributed by atoms with Crippen molar-refractivity contribution in [2.75, 3.05) is 6.61 Å².